The summed E-state index contributed by atoms with van der Waals surface area (Å²) in [5, 5.41) is 18.1. The highest BCUT2D eigenvalue weighted by molar-refractivity contribution is 6.11. The number of Topliss-reactive ketones (excluding diaryl/α,β-unsaturated/α-hetero) is 1. The number of aromatic hydroxyl groups is 1. The molecule has 1 unspecified atom stereocenters. The molecular formula is C36H52N4O2. The van der Waals surface area contributed by atoms with Gasteiger partial charge in [-0.2, -0.15) is 0 Å². The highest BCUT2D eigenvalue weighted by Gasteiger charge is 2.10. The third-order valence-electron chi connectivity index (χ3n) is 6.81. The van der Waals surface area contributed by atoms with E-state index in [0.717, 1.165) is 40.3 Å². The van der Waals surface area contributed by atoms with E-state index in [4.69, 9.17) is 4.99 Å². The van der Waals surface area contributed by atoms with Crippen LogP contribution in [0.25, 0.3) is 10.9 Å². The molecule has 0 radical (unpaired) electrons. The number of aliphatic imine (C=N–C) groups is 1. The van der Waals surface area contributed by atoms with Gasteiger partial charge in [-0.1, -0.05) is 83.9 Å². The van der Waals surface area contributed by atoms with Gasteiger partial charge in [-0.05, 0) is 62.6 Å². The fourth-order valence-corrected chi connectivity index (χ4v) is 4.30. The predicted octanol–water partition coefficient (Wildman–Crippen LogP) is 8.92. The lowest BCUT2D eigenvalue weighted by molar-refractivity contribution is 0.101. The van der Waals surface area contributed by atoms with Gasteiger partial charge in [0.2, 0.25) is 0 Å². The summed E-state index contributed by atoms with van der Waals surface area (Å²) in [6, 6.07) is 17.0. The minimum Gasteiger partial charge on any atom is -0.507 e. The number of allylic oxidation sites excluding steroid dienone is 4. The summed E-state index contributed by atoms with van der Waals surface area (Å²) in [6.45, 7) is 18.8. The molecule has 0 spiro atoms. The number of H-pyrrole nitrogens is 1. The van der Waals surface area contributed by atoms with Crippen molar-refractivity contribution in [1.82, 2.24) is 15.6 Å². The Morgan fingerprint density at radius 3 is 2.31 bits per heavy atom. The zero-order valence-corrected chi connectivity index (χ0v) is 27.0. The standard InChI is InChI=1S/C24H37N3O.C10H9NO.C2H6/c1-7-10-13-20(8-2)17-26-18(4)16-23(21-14-11-12-15-24(21)28)27-19(5)22(9-3)25-6;1-7(12)10-6-8-4-2-3-5-9(8)11-10;1-2/h9,11-12,14-16,20,25-26,28H,3,7-8,10,13,17H2,1-2,4-6H3;2-6,11H,1H3;1-2H3/b18-16+,22-19-,27-23-;;. The van der Waals surface area contributed by atoms with E-state index >= 15 is 0 Å². The molecule has 0 aliphatic rings. The van der Waals surface area contributed by atoms with Crippen LogP contribution in [0.4, 0.5) is 0 Å². The second-order valence-corrected chi connectivity index (χ2v) is 9.92. The number of carbonyl (C=O) groups excluding carboxylic acids is 1. The number of likely N-dealkylation sites (N-methyl/N-ethyl adjacent to an activating group) is 1. The number of fused-ring (bicyclic) bond motifs is 1. The number of benzene rings is 2. The average Bonchev–Trinajstić information content (AvgIpc) is 3.44. The number of nitrogens with zero attached hydrogens (tertiary/aromatic N) is 1. The number of nitrogens with one attached hydrogen (secondary N) is 3. The van der Waals surface area contributed by atoms with E-state index in [1.165, 1.54) is 25.7 Å². The summed E-state index contributed by atoms with van der Waals surface area (Å²) in [5.41, 5.74) is 5.83. The van der Waals surface area contributed by atoms with Crippen molar-refractivity contribution in [1.29, 1.82) is 0 Å². The first-order valence-electron chi connectivity index (χ1n) is 15.1. The third-order valence-corrected chi connectivity index (χ3v) is 6.81. The second-order valence-electron chi connectivity index (χ2n) is 9.92. The molecule has 1 atom stereocenters. The minimum atomic E-state index is 0.0752. The highest BCUT2D eigenvalue weighted by atomic mass is 16.3. The number of para-hydroxylation sites is 2. The number of ketones is 1. The smallest absolute Gasteiger partial charge is 0.175 e. The predicted molar refractivity (Wildman–Crippen MR) is 181 cm³/mol. The average molecular weight is 573 g/mol. The van der Waals surface area contributed by atoms with Gasteiger partial charge in [0.15, 0.2) is 5.78 Å². The van der Waals surface area contributed by atoms with Crippen molar-refractivity contribution in [2.24, 2.45) is 10.9 Å². The molecule has 42 heavy (non-hydrogen) atoms. The Labute approximate surface area is 253 Å². The molecule has 0 saturated heterocycles. The molecule has 3 aromatic rings. The molecule has 6 heteroatoms. The Bertz CT molecular complexity index is 1310. The van der Waals surface area contributed by atoms with Gasteiger partial charge in [0, 0.05) is 42.7 Å². The number of hydrogen-bond acceptors (Lipinski definition) is 5. The van der Waals surface area contributed by atoms with Crippen LogP contribution in [0.3, 0.4) is 0 Å². The van der Waals surface area contributed by atoms with Gasteiger partial charge < -0.3 is 20.7 Å². The molecule has 0 aliphatic carbocycles. The maximum Gasteiger partial charge on any atom is 0.175 e. The lowest BCUT2D eigenvalue weighted by Gasteiger charge is -2.17. The van der Waals surface area contributed by atoms with Gasteiger partial charge in [-0.15, -0.1) is 0 Å². The normalized spacial score (nSPS) is 12.7. The SMILES string of the molecule is C=C/C(NC)=C(C)/N=C(/C=C(\C)NCC(CC)CCCC)c1ccccc1O.CC.CC(=O)c1cc2ccccc2[nH]1. The zero-order valence-electron chi connectivity index (χ0n) is 27.0. The lowest BCUT2D eigenvalue weighted by atomic mass is 9.99. The summed E-state index contributed by atoms with van der Waals surface area (Å²) in [4.78, 5) is 18.8. The first-order chi connectivity index (χ1) is 20.2. The number of hydrogen-bond donors (Lipinski definition) is 4. The summed E-state index contributed by atoms with van der Waals surface area (Å²) in [5.74, 6) is 0.968. The van der Waals surface area contributed by atoms with Crippen LogP contribution in [-0.2, 0) is 0 Å². The van der Waals surface area contributed by atoms with Gasteiger partial charge in [0.1, 0.15) is 5.75 Å². The van der Waals surface area contributed by atoms with E-state index in [1.54, 1.807) is 19.1 Å². The molecule has 1 heterocycles. The fraction of sp³-hybridized carbons (Fsp3) is 0.389. The molecule has 1 aromatic heterocycles. The molecule has 0 saturated carbocycles. The van der Waals surface area contributed by atoms with Crippen molar-refractivity contribution >= 4 is 22.4 Å². The maximum atomic E-state index is 11.0. The number of phenols is 1. The van der Waals surface area contributed by atoms with Crippen molar-refractivity contribution in [2.75, 3.05) is 13.6 Å². The number of aromatic amines is 1. The molecule has 0 bridgehead atoms. The Morgan fingerprint density at radius 2 is 1.74 bits per heavy atom. The second kappa shape index (κ2) is 19.9. The number of carbonyl (C=O) groups is 1. The van der Waals surface area contributed by atoms with Crippen molar-refractivity contribution in [3.05, 3.63) is 102 Å². The van der Waals surface area contributed by atoms with Crippen LogP contribution in [0, 0.1) is 5.92 Å². The fourth-order valence-electron chi connectivity index (χ4n) is 4.30. The molecule has 0 amide bonds. The highest BCUT2D eigenvalue weighted by Crippen LogP contribution is 2.20. The molecule has 4 N–H and O–H groups in total. The van der Waals surface area contributed by atoms with Crippen LogP contribution < -0.4 is 10.6 Å². The number of rotatable bonds is 13. The third kappa shape index (κ3) is 11.8. The topological polar surface area (TPSA) is 89.5 Å². The van der Waals surface area contributed by atoms with E-state index in [9.17, 15) is 9.90 Å². The van der Waals surface area contributed by atoms with Crippen LogP contribution in [0.15, 0.2) is 95.4 Å². The number of unbranched alkanes of at least 4 members (excludes halogenated alkanes) is 1. The summed E-state index contributed by atoms with van der Waals surface area (Å²) in [6.07, 6.45) is 8.68. The summed E-state index contributed by atoms with van der Waals surface area (Å²) >= 11 is 0. The van der Waals surface area contributed by atoms with Gasteiger partial charge in [-0.25, -0.2) is 0 Å². The van der Waals surface area contributed by atoms with E-state index in [0.29, 0.717) is 17.2 Å². The number of aromatic nitrogens is 1. The molecule has 0 fully saturated rings. The Hall–Kier alpha value is -4.06. The lowest BCUT2D eigenvalue weighted by Crippen LogP contribution is -2.21. The Balaban J connectivity index is 0.000000516. The molecule has 6 nitrogen and oxygen atoms in total. The monoisotopic (exact) mass is 572 g/mol. The molecule has 0 aliphatic heterocycles. The van der Waals surface area contributed by atoms with Crippen LogP contribution in [0.1, 0.15) is 90.2 Å². The van der Waals surface area contributed by atoms with Crippen LogP contribution in [0.5, 0.6) is 5.75 Å². The van der Waals surface area contributed by atoms with Gasteiger partial charge in [0.25, 0.3) is 0 Å². The molecular weight excluding hydrogens is 520 g/mol. The molecule has 3 rings (SSSR count). The first kappa shape index (κ1) is 36.0. The van der Waals surface area contributed by atoms with Gasteiger partial charge in [-0.3, -0.25) is 9.79 Å². The Morgan fingerprint density at radius 1 is 1.07 bits per heavy atom. The van der Waals surface area contributed by atoms with Crippen molar-refractivity contribution in [2.45, 2.75) is 74.1 Å². The van der Waals surface area contributed by atoms with Gasteiger partial charge >= 0.3 is 0 Å². The maximum absolute atomic E-state index is 11.0. The van der Waals surface area contributed by atoms with E-state index < -0.39 is 0 Å². The van der Waals surface area contributed by atoms with E-state index in [-0.39, 0.29) is 11.5 Å². The van der Waals surface area contributed by atoms with Crippen molar-refractivity contribution in [3.63, 3.8) is 0 Å². The van der Waals surface area contributed by atoms with Gasteiger partial charge in [0.05, 0.1) is 22.8 Å². The van der Waals surface area contributed by atoms with E-state index in [1.807, 2.05) is 89.3 Å². The summed E-state index contributed by atoms with van der Waals surface area (Å²) < 4.78 is 0. The van der Waals surface area contributed by atoms with Crippen molar-refractivity contribution in [3.8, 4) is 5.75 Å². The zero-order chi connectivity index (χ0) is 31.5. The van der Waals surface area contributed by atoms with Crippen LogP contribution in [0.2, 0.25) is 0 Å². The van der Waals surface area contributed by atoms with Crippen LogP contribution >= 0.6 is 0 Å². The minimum absolute atomic E-state index is 0.0752. The van der Waals surface area contributed by atoms with Crippen LogP contribution in [-0.4, -0.2) is 35.2 Å². The first-order valence-corrected chi connectivity index (χ1v) is 15.1. The number of phenolic OH excluding ortho intramolecular Hbond substituents is 1. The summed E-state index contributed by atoms with van der Waals surface area (Å²) in [7, 11) is 1.85. The van der Waals surface area contributed by atoms with Crippen molar-refractivity contribution < 1.29 is 9.90 Å². The largest absolute Gasteiger partial charge is 0.507 e. The molecule has 2 aromatic carbocycles. The van der Waals surface area contributed by atoms with E-state index in [2.05, 4.69) is 36.0 Å². The quantitative estimate of drug-likeness (QED) is 0.0935. The Kier molecular flexibility index (Phi) is 17.1. The molecule has 228 valence electrons.